The van der Waals surface area contributed by atoms with Gasteiger partial charge >= 0.3 is 6.61 Å². The first-order valence-corrected chi connectivity index (χ1v) is 10.4. The first kappa shape index (κ1) is 21.9. The number of hydrogen-bond donors (Lipinski definition) is 2. The summed E-state index contributed by atoms with van der Waals surface area (Å²) in [6, 6.07) is 9.35. The largest absolute Gasteiger partial charge is 0.434 e. The second kappa shape index (κ2) is 8.65. The highest BCUT2D eigenvalue weighted by molar-refractivity contribution is 9.10. The van der Waals surface area contributed by atoms with Crippen LogP contribution in [0.25, 0.3) is 0 Å². The van der Waals surface area contributed by atoms with E-state index in [9.17, 15) is 13.6 Å². The minimum Gasteiger partial charge on any atom is -0.434 e. The Bertz CT molecular complexity index is 1230. The zero-order valence-electron chi connectivity index (χ0n) is 17.4. The average molecular weight is 505 g/mol. The second-order valence-corrected chi connectivity index (χ2v) is 8.26. The number of nitrogens with zero attached hydrogens (tertiary/aromatic N) is 4. The van der Waals surface area contributed by atoms with Crippen LogP contribution >= 0.6 is 15.9 Å². The van der Waals surface area contributed by atoms with Gasteiger partial charge in [-0.1, -0.05) is 38.7 Å². The van der Waals surface area contributed by atoms with Crippen molar-refractivity contribution < 1.29 is 18.3 Å². The molecule has 0 saturated carbocycles. The Morgan fingerprint density at radius 2 is 2.00 bits per heavy atom. The van der Waals surface area contributed by atoms with Crippen LogP contribution in [0, 0.1) is 13.8 Å². The van der Waals surface area contributed by atoms with Crippen LogP contribution in [0.5, 0.6) is 5.75 Å². The number of rotatable bonds is 5. The lowest BCUT2D eigenvalue weighted by Gasteiger charge is -2.29. The Labute approximate surface area is 190 Å². The molecule has 0 bridgehead atoms. The lowest BCUT2D eigenvalue weighted by molar-refractivity contribution is -0.113. The van der Waals surface area contributed by atoms with Crippen LogP contribution in [0.15, 0.2) is 52.1 Å². The van der Waals surface area contributed by atoms with E-state index in [0.717, 1.165) is 11.1 Å². The monoisotopic (exact) mass is 504 g/mol. The molecule has 8 nitrogen and oxygen atoms in total. The molecule has 1 aromatic heterocycles. The smallest absolute Gasteiger partial charge is 0.387 e. The number of allylic oxidation sites excluding steroid dienone is 1. The summed E-state index contributed by atoms with van der Waals surface area (Å²) >= 11 is 3.37. The van der Waals surface area contributed by atoms with E-state index in [2.05, 4.69) is 42.1 Å². The van der Waals surface area contributed by atoms with Gasteiger partial charge in [0.05, 0.1) is 5.57 Å². The van der Waals surface area contributed by atoms with Crippen molar-refractivity contribution in [3.63, 3.8) is 0 Å². The number of alkyl halides is 2. The van der Waals surface area contributed by atoms with Gasteiger partial charge in [0, 0.05) is 21.4 Å². The number of aryl methyl sites for hydroxylation is 2. The molecule has 1 amide bonds. The zero-order chi connectivity index (χ0) is 23.0. The van der Waals surface area contributed by atoms with Gasteiger partial charge in [-0.25, -0.2) is 0 Å². The van der Waals surface area contributed by atoms with Crippen molar-refractivity contribution in [3.05, 3.63) is 68.8 Å². The van der Waals surface area contributed by atoms with Crippen molar-refractivity contribution in [3.8, 4) is 5.75 Å². The van der Waals surface area contributed by atoms with E-state index in [1.165, 1.54) is 10.7 Å². The van der Waals surface area contributed by atoms with Crippen LogP contribution in [-0.4, -0.2) is 32.7 Å². The maximum absolute atomic E-state index is 13.5. The van der Waals surface area contributed by atoms with Gasteiger partial charge in [-0.15, -0.1) is 0 Å². The first-order chi connectivity index (χ1) is 15.2. The molecule has 0 aliphatic carbocycles. The number of benzene rings is 2. The summed E-state index contributed by atoms with van der Waals surface area (Å²) in [6.45, 7) is 2.52. The molecule has 3 aromatic rings. The normalized spacial score (nSPS) is 15.4. The Hall–Kier alpha value is -3.34. The molecule has 166 valence electrons. The number of anilines is 2. The Kier molecular flexibility index (Phi) is 5.92. The highest BCUT2D eigenvalue weighted by atomic mass is 79.9. The molecule has 4 rings (SSSR count). The second-order valence-electron chi connectivity index (χ2n) is 7.35. The number of nitrogens with one attached hydrogen (secondary N) is 2. The van der Waals surface area contributed by atoms with E-state index < -0.39 is 18.6 Å². The predicted octanol–water partition coefficient (Wildman–Crippen LogP) is 4.58. The summed E-state index contributed by atoms with van der Waals surface area (Å²) in [5, 5.41) is 17.5. The van der Waals surface area contributed by atoms with Crippen LogP contribution in [-0.2, 0) is 4.79 Å². The van der Waals surface area contributed by atoms with Gasteiger partial charge < -0.3 is 15.4 Å². The fraction of sp³-hybridized carbons (Fsp3) is 0.238. The van der Waals surface area contributed by atoms with E-state index in [4.69, 9.17) is 4.74 Å². The Balaban J connectivity index is 1.82. The van der Waals surface area contributed by atoms with E-state index >= 15 is 0 Å². The van der Waals surface area contributed by atoms with Gasteiger partial charge in [-0.05, 0) is 61.0 Å². The van der Waals surface area contributed by atoms with E-state index in [1.807, 2.05) is 32.0 Å². The van der Waals surface area contributed by atoms with Gasteiger partial charge in [0.15, 0.2) is 0 Å². The van der Waals surface area contributed by atoms with Gasteiger partial charge in [-0.3, -0.25) is 4.79 Å². The molecule has 32 heavy (non-hydrogen) atoms. The number of ether oxygens (including phenoxy) is 1. The van der Waals surface area contributed by atoms with Crippen LogP contribution in [0.1, 0.15) is 29.7 Å². The van der Waals surface area contributed by atoms with Gasteiger partial charge in [0.25, 0.3) is 5.91 Å². The molecule has 2 aromatic carbocycles. The maximum atomic E-state index is 13.5. The number of amides is 1. The van der Waals surface area contributed by atoms with Gasteiger partial charge in [0.2, 0.25) is 5.95 Å². The molecule has 1 atom stereocenters. The molecule has 11 heteroatoms. The molecule has 0 radical (unpaired) electrons. The standard InChI is InChI=1S/C21H19BrF2N6O2/c1-10-4-6-15(11(2)8-10)26-19(31)17-12(3)25-21-27-28-29-30(21)18(17)14-9-13(22)5-7-16(14)32-20(23)24/h4-9,18,20H,1-3H3,(H,26,31)(H,25,27,29). The van der Waals surface area contributed by atoms with Crippen molar-refractivity contribution in [1.29, 1.82) is 0 Å². The van der Waals surface area contributed by atoms with Crippen LogP contribution in [0.2, 0.25) is 0 Å². The molecule has 1 aliphatic rings. The fourth-order valence-electron chi connectivity index (χ4n) is 3.67. The number of halogens is 3. The van der Waals surface area contributed by atoms with Crippen LogP contribution < -0.4 is 15.4 Å². The molecule has 1 aliphatic heterocycles. The molecular weight excluding hydrogens is 486 g/mol. The van der Waals surface area contributed by atoms with Crippen molar-refractivity contribution in [2.24, 2.45) is 0 Å². The molecular formula is C21H19BrF2N6O2. The van der Waals surface area contributed by atoms with Gasteiger partial charge in [0.1, 0.15) is 11.8 Å². The average Bonchev–Trinajstić information content (AvgIpc) is 3.18. The third-order valence-corrected chi connectivity index (χ3v) is 5.56. The SMILES string of the molecule is CC1=C(C(=O)Nc2ccc(C)cc2C)C(c2cc(Br)ccc2OC(F)F)n2nnnc2N1. The number of aromatic nitrogens is 4. The topological polar surface area (TPSA) is 94.0 Å². The number of tetrazole rings is 1. The molecule has 2 heterocycles. The third-order valence-electron chi connectivity index (χ3n) is 5.07. The lowest BCUT2D eigenvalue weighted by Crippen LogP contribution is -2.32. The number of carbonyl (C=O) groups is 1. The van der Waals surface area contributed by atoms with Crippen molar-refractivity contribution >= 4 is 33.5 Å². The summed E-state index contributed by atoms with van der Waals surface area (Å²) in [6.07, 6.45) is 0. The van der Waals surface area contributed by atoms with Crippen LogP contribution in [0.3, 0.4) is 0 Å². The number of carbonyl (C=O) groups excluding carboxylic acids is 1. The molecule has 2 N–H and O–H groups in total. The van der Waals surface area contributed by atoms with E-state index in [-0.39, 0.29) is 17.3 Å². The highest BCUT2D eigenvalue weighted by Crippen LogP contribution is 2.40. The summed E-state index contributed by atoms with van der Waals surface area (Å²) in [5.41, 5.74) is 3.66. The molecule has 0 saturated heterocycles. The molecule has 0 spiro atoms. The van der Waals surface area contributed by atoms with Crippen molar-refractivity contribution in [1.82, 2.24) is 20.2 Å². The summed E-state index contributed by atoms with van der Waals surface area (Å²) in [5.74, 6) is -0.226. The summed E-state index contributed by atoms with van der Waals surface area (Å²) in [4.78, 5) is 13.5. The Morgan fingerprint density at radius 3 is 2.72 bits per heavy atom. The van der Waals surface area contributed by atoms with E-state index in [0.29, 0.717) is 21.4 Å². The minimum atomic E-state index is -3.04. The van der Waals surface area contributed by atoms with Crippen LogP contribution in [0.4, 0.5) is 20.4 Å². The maximum Gasteiger partial charge on any atom is 0.387 e. The zero-order valence-corrected chi connectivity index (χ0v) is 18.9. The molecule has 1 unspecified atom stereocenters. The van der Waals surface area contributed by atoms with Crippen molar-refractivity contribution in [2.75, 3.05) is 10.6 Å². The minimum absolute atomic E-state index is 0.0823. The summed E-state index contributed by atoms with van der Waals surface area (Å²) in [7, 11) is 0. The number of hydrogen-bond acceptors (Lipinski definition) is 6. The van der Waals surface area contributed by atoms with E-state index in [1.54, 1.807) is 19.1 Å². The van der Waals surface area contributed by atoms with Gasteiger partial charge in [-0.2, -0.15) is 13.5 Å². The lowest BCUT2D eigenvalue weighted by atomic mass is 9.94. The van der Waals surface area contributed by atoms with Crippen molar-refractivity contribution in [2.45, 2.75) is 33.4 Å². The number of fused-ring (bicyclic) bond motifs is 1. The highest BCUT2D eigenvalue weighted by Gasteiger charge is 2.36. The fourth-order valence-corrected chi connectivity index (χ4v) is 4.05. The third kappa shape index (κ3) is 4.20. The summed E-state index contributed by atoms with van der Waals surface area (Å²) < 4.78 is 33.0. The Morgan fingerprint density at radius 1 is 1.22 bits per heavy atom. The first-order valence-electron chi connectivity index (χ1n) is 9.63. The predicted molar refractivity (Wildman–Crippen MR) is 118 cm³/mol. The molecule has 0 fully saturated rings. The quantitative estimate of drug-likeness (QED) is 0.528.